The predicted molar refractivity (Wildman–Crippen MR) is 75.6 cm³/mol. The molecule has 0 spiro atoms. The fourth-order valence-electron chi connectivity index (χ4n) is 3.13. The molecule has 1 aliphatic heterocycles. The first kappa shape index (κ1) is 13.2. The number of fused-ring (bicyclic) bond motifs is 1. The van der Waals surface area contributed by atoms with E-state index in [-0.39, 0.29) is 34.2 Å². The highest BCUT2D eigenvalue weighted by molar-refractivity contribution is 7.80. The van der Waals surface area contributed by atoms with E-state index in [0.717, 1.165) is 30.2 Å². The number of hydrogen-bond acceptors (Lipinski definition) is 3. The van der Waals surface area contributed by atoms with Crippen LogP contribution in [-0.2, 0) is 9.59 Å². The molecule has 20 heavy (non-hydrogen) atoms. The van der Waals surface area contributed by atoms with Crippen LogP contribution in [0.2, 0.25) is 0 Å². The fourth-order valence-corrected chi connectivity index (χ4v) is 3.29. The summed E-state index contributed by atoms with van der Waals surface area (Å²) in [6, 6.07) is 3.75. The second-order valence-electron chi connectivity index (χ2n) is 5.18. The molecule has 4 nitrogen and oxygen atoms in total. The molecular formula is C14H13FN2O2S. The molecule has 1 saturated heterocycles. The number of carbonyl (C=O) groups is 2. The maximum atomic E-state index is 13.3. The van der Waals surface area contributed by atoms with Crippen LogP contribution >= 0.6 is 12.2 Å². The number of rotatable bonds is 2. The first-order valence-corrected chi connectivity index (χ1v) is 6.88. The normalized spacial score (nSPS) is 25.1. The first-order chi connectivity index (χ1) is 9.50. The van der Waals surface area contributed by atoms with Gasteiger partial charge in [-0.1, -0.05) is 18.6 Å². The molecule has 2 fully saturated rings. The Morgan fingerprint density at radius 3 is 2.40 bits per heavy atom. The van der Waals surface area contributed by atoms with Gasteiger partial charge in [-0.15, -0.1) is 0 Å². The van der Waals surface area contributed by atoms with Crippen molar-refractivity contribution in [2.24, 2.45) is 17.6 Å². The van der Waals surface area contributed by atoms with Crippen molar-refractivity contribution < 1.29 is 14.0 Å². The van der Waals surface area contributed by atoms with Gasteiger partial charge in [-0.25, -0.2) is 9.29 Å². The molecule has 1 saturated carbocycles. The molecule has 0 radical (unpaired) electrons. The van der Waals surface area contributed by atoms with Crippen molar-refractivity contribution >= 4 is 34.7 Å². The SMILES string of the molecule is NC(=S)c1cc(F)ccc1N1C(=O)C2CCCC2C1=O. The number of nitrogens with two attached hydrogens (primary N) is 1. The molecule has 2 amide bonds. The molecule has 2 unspecified atom stereocenters. The smallest absolute Gasteiger partial charge is 0.237 e. The maximum absolute atomic E-state index is 13.3. The number of halogens is 1. The highest BCUT2D eigenvalue weighted by Crippen LogP contribution is 2.42. The predicted octanol–water partition coefficient (Wildman–Crippen LogP) is 1.75. The summed E-state index contributed by atoms with van der Waals surface area (Å²) in [4.78, 5) is 25.9. The van der Waals surface area contributed by atoms with E-state index in [1.165, 1.54) is 12.1 Å². The summed E-state index contributed by atoms with van der Waals surface area (Å²) in [6.45, 7) is 0. The lowest BCUT2D eigenvalue weighted by atomic mass is 10.00. The Balaban J connectivity index is 2.08. The van der Waals surface area contributed by atoms with Gasteiger partial charge in [-0.2, -0.15) is 0 Å². The summed E-state index contributed by atoms with van der Waals surface area (Å²) in [5, 5.41) is 0. The third-order valence-electron chi connectivity index (χ3n) is 4.06. The minimum absolute atomic E-state index is 0.0304. The summed E-state index contributed by atoms with van der Waals surface area (Å²) >= 11 is 4.89. The summed E-state index contributed by atoms with van der Waals surface area (Å²) in [7, 11) is 0. The molecule has 2 N–H and O–H groups in total. The molecule has 6 heteroatoms. The largest absolute Gasteiger partial charge is 0.389 e. The number of hydrogen-bond donors (Lipinski definition) is 1. The van der Waals surface area contributed by atoms with Crippen molar-refractivity contribution in [3.8, 4) is 0 Å². The zero-order valence-electron chi connectivity index (χ0n) is 10.6. The summed E-state index contributed by atoms with van der Waals surface area (Å²) < 4.78 is 13.3. The number of anilines is 1. The van der Waals surface area contributed by atoms with E-state index in [1.807, 2.05) is 0 Å². The third-order valence-corrected chi connectivity index (χ3v) is 4.28. The van der Waals surface area contributed by atoms with Crippen molar-refractivity contribution in [1.29, 1.82) is 0 Å². The molecule has 0 aromatic heterocycles. The van der Waals surface area contributed by atoms with Gasteiger partial charge in [-0.3, -0.25) is 9.59 Å². The molecule has 2 atom stereocenters. The van der Waals surface area contributed by atoms with Crippen LogP contribution in [0.3, 0.4) is 0 Å². The van der Waals surface area contributed by atoms with Gasteiger partial charge in [0.2, 0.25) is 11.8 Å². The first-order valence-electron chi connectivity index (χ1n) is 6.48. The number of thiocarbonyl (C=S) groups is 1. The standard InChI is InChI=1S/C14H13FN2O2S/c15-7-4-5-11(10(6-7)12(16)20)17-13(18)8-2-1-3-9(8)14(17)19/h4-6,8-9H,1-3H2,(H2,16,20). The van der Waals surface area contributed by atoms with Crippen LogP contribution in [0, 0.1) is 17.7 Å². The number of carbonyl (C=O) groups excluding carboxylic acids is 2. The Morgan fingerprint density at radius 2 is 1.85 bits per heavy atom. The van der Waals surface area contributed by atoms with Crippen molar-refractivity contribution in [2.75, 3.05) is 4.90 Å². The highest BCUT2D eigenvalue weighted by atomic mass is 32.1. The van der Waals surface area contributed by atoms with Gasteiger partial charge >= 0.3 is 0 Å². The van der Waals surface area contributed by atoms with E-state index in [9.17, 15) is 14.0 Å². The number of imide groups is 1. The van der Waals surface area contributed by atoms with Crippen LogP contribution in [0.4, 0.5) is 10.1 Å². The van der Waals surface area contributed by atoms with Crippen molar-refractivity contribution in [3.63, 3.8) is 0 Å². The van der Waals surface area contributed by atoms with Crippen LogP contribution < -0.4 is 10.6 Å². The zero-order chi connectivity index (χ0) is 14.4. The van der Waals surface area contributed by atoms with E-state index in [1.54, 1.807) is 0 Å². The monoisotopic (exact) mass is 292 g/mol. The van der Waals surface area contributed by atoms with Crippen LogP contribution in [0.1, 0.15) is 24.8 Å². The number of nitrogens with zero attached hydrogens (tertiary/aromatic N) is 1. The molecule has 1 aromatic carbocycles. The van der Waals surface area contributed by atoms with Crippen LogP contribution in [0.5, 0.6) is 0 Å². The molecule has 104 valence electrons. The molecular weight excluding hydrogens is 279 g/mol. The Hall–Kier alpha value is -1.82. The fraction of sp³-hybridized carbons (Fsp3) is 0.357. The van der Waals surface area contributed by atoms with Crippen LogP contribution in [-0.4, -0.2) is 16.8 Å². The second kappa shape index (κ2) is 4.63. The minimum Gasteiger partial charge on any atom is -0.389 e. The van der Waals surface area contributed by atoms with E-state index >= 15 is 0 Å². The van der Waals surface area contributed by atoms with E-state index in [2.05, 4.69) is 0 Å². The Labute approximate surface area is 120 Å². The summed E-state index contributed by atoms with van der Waals surface area (Å²) in [5.41, 5.74) is 6.09. The average molecular weight is 292 g/mol. The zero-order valence-corrected chi connectivity index (χ0v) is 11.5. The van der Waals surface area contributed by atoms with Crippen LogP contribution in [0.25, 0.3) is 0 Å². The molecule has 1 aromatic rings. The van der Waals surface area contributed by atoms with E-state index in [0.29, 0.717) is 5.69 Å². The van der Waals surface area contributed by atoms with Gasteiger partial charge in [0, 0.05) is 5.56 Å². The second-order valence-corrected chi connectivity index (χ2v) is 5.62. The maximum Gasteiger partial charge on any atom is 0.237 e. The number of amides is 2. The molecule has 3 rings (SSSR count). The third kappa shape index (κ3) is 1.83. The number of benzene rings is 1. The summed E-state index contributed by atoms with van der Waals surface area (Å²) in [5.74, 6) is -1.43. The topological polar surface area (TPSA) is 63.4 Å². The Kier molecular flexibility index (Phi) is 3.05. The Morgan fingerprint density at radius 1 is 1.25 bits per heavy atom. The van der Waals surface area contributed by atoms with Crippen molar-refractivity contribution in [3.05, 3.63) is 29.6 Å². The van der Waals surface area contributed by atoms with Gasteiger partial charge in [-0.05, 0) is 31.0 Å². The highest BCUT2D eigenvalue weighted by Gasteiger charge is 2.50. The molecule has 2 aliphatic rings. The quantitative estimate of drug-likeness (QED) is 0.666. The lowest BCUT2D eigenvalue weighted by molar-refractivity contribution is -0.122. The van der Waals surface area contributed by atoms with Crippen molar-refractivity contribution in [2.45, 2.75) is 19.3 Å². The minimum atomic E-state index is -0.504. The Bertz CT molecular complexity index is 610. The van der Waals surface area contributed by atoms with Gasteiger partial charge in [0.25, 0.3) is 0 Å². The van der Waals surface area contributed by atoms with Gasteiger partial charge < -0.3 is 5.73 Å². The lowest BCUT2D eigenvalue weighted by Gasteiger charge is -2.19. The van der Waals surface area contributed by atoms with Crippen molar-refractivity contribution in [1.82, 2.24) is 0 Å². The van der Waals surface area contributed by atoms with Gasteiger partial charge in [0.1, 0.15) is 10.8 Å². The lowest BCUT2D eigenvalue weighted by Crippen LogP contribution is -2.33. The van der Waals surface area contributed by atoms with Crippen LogP contribution in [0.15, 0.2) is 18.2 Å². The molecule has 0 bridgehead atoms. The van der Waals surface area contributed by atoms with Gasteiger partial charge in [0.05, 0.1) is 17.5 Å². The summed E-state index contributed by atoms with van der Waals surface area (Å²) in [6.07, 6.45) is 2.36. The van der Waals surface area contributed by atoms with E-state index in [4.69, 9.17) is 18.0 Å². The van der Waals surface area contributed by atoms with E-state index < -0.39 is 5.82 Å². The average Bonchev–Trinajstić information content (AvgIpc) is 2.96. The molecule has 1 heterocycles. The molecule has 1 aliphatic carbocycles. The van der Waals surface area contributed by atoms with Gasteiger partial charge in [0.15, 0.2) is 0 Å².